The fourth-order valence-electron chi connectivity index (χ4n) is 6.92. The molecular formula is C27H37NO2. The molecule has 2 aliphatic heterocycles. The predicted octanol–water partition coefficient (Wildman–Crippen LogP) is 5.40. The minimum Gasteiger partial charge on any atom is -0.462 e. The Morgan fingerprint density at radius 3 is 2.70 bits per heavy atom. The van der Waals surface area contributed by atoms with E-state index in [4.69, 9.17) is 4.74 Å². The van der Waals surface area contributed by atoms with Gasteiger partial charge in [-0.25, -0.2) is 0 Å². The van der Waals surface area contributed by atoms with E-state index >= 15 is 0 Å². The van der Waals surface area contributed by atoms with Crippen LogP contribution in [-0.4, -0.2) is 36.6 Å². The van der Waals surface area contributed by atoms with Crippen LogP contribution in [0.3, 0.4) is 0 Å². The molecule has 3 nitrogen and oxygen atoms in total. The number of piperidine rings is 1. The van der Waals surface area contributed by atoms with Crippen molar-refractivity contribution in [3.63, 3.8) is 0 Å². The third-order valence-corrected chi connectivity index (χ3v) is 8.71. The minimum atomic E-state index is 0.0763. The van der Waals surface area contributed by atoms with Crippen molar-refractivity contribution in [3.8, 4) is 0 Å². The number of esters is 1. The molecule has 1 saturated carbocycles. The maximum atomic E-state index is 12.8. The molecule has 2 aliphatic carbocycles. The Morgan fingerprint density at radius 2 is 1.93 bits per heavy atom. The first-order valence-corrected chi connectivity index (χ1v) is 12.2. The van der Waals surface area contributed by atoms with Gasteiger partial charge in [0.05, 0.1) is 5.92 Å². The lowest BCUT2D eigenvalue weighted by Crippen LogP contribution is -2.43. The van der Waals surface area contributed by atoms with Gasteiger partial charge >= 0.3 is 5.97 Å². The third-order valence-electron chi connectivity index (χ3n) is 8.71. The molecular weight excluding hydrogens is 370 g/mol. The molecule has 5 rings (SSSR count). The van der Waals surface area contributed by atoms with Gasteiger partial charge in [0.2, 0.25) is 0 Å². The van der Waals surface area contributed by atoms with Gasteiger partial charge in [-0.15, -0.1) is 0 Å². The monoisotopic (exact) mass is 407 g/mol. The van der Waals surface area contributed by atoms with Crippen molar-refractivity contribution >= 4 is 5.97 Å². The van der Waals surface area contributed by atoms with Crippen molar-refractivity contribution in [2.24, 2.45) is 23.2 Å². The lowest BCUT2D eigenvalue weighted by molar-refractivity contribution is -0.145. The number of fused-ring (bicyclic) bond motifs is 2. The van der Waals surface area contributed by atoms with Crippen molar-refractivity contribution in [3.05, 3.63) is 47.0 Å². The van der Waals surface area contributed by atoms with Gasteiger partial charge in [-0.1, -0.05) is 48.4 Å². The zero-order valence-corrected chi connectivity index (χ0v) is 18.7. The standard InChI is InChI=1S/C27H37NO2/c1-19-7-6-12-27(2)17-25-22(16-24(19)27)23(26(29)30-25)18-28-13-10-21(11-14-28)15-20-8-4-3-5-9-20/h3-5,8-9,21-23,25H,6-7,10-18H2,1-2H3/t22-,23-,25-,27-/m1/s1. The van der Waals surface area contributed by atoms with E-state index in [1.54, 1.807) is 11.1 Å². The number of ether oxygens (including phenoxy) is 1. The molecule has 1 aromatic rings. The van der Waals surface area contributed by atoms with Gasteiger partial charge in [0.1, 0.15) is 6.10 Å². The van der Waals surface area contributed by atoms with Crippen LogP contribution in [0, 0.1) is 23.2 Å². The predicted molar refractivity (Wildman–Crippen MR) is 120 cm³/mol. The van der Waals surface area contributed by atoms with Crippen LogP contribution < -0.4 is 0 Å². The Balaban J connectivity index is 1.20. The number of rotatable bonds is 4. The Morgan fingerprint density at radius 1 is 1.17 bits per heavy atom. The molecule has 4 atom stereocenters. The molecule has 0 N–H and O–H groups in total. The number of benzene rings is 1. The summed E-state index contributed by atoms with van der Waals surface area (Å²) in [5.74, 6) is 1.33. The van der Waals surface area contributed by atoms with E-state index < -0.39 is 0 Å². The Bertz CT molecular complexity index is 807. The maximum absolute atomic E-state index is 12.8. The summed E-state index contributed by atoms with van der Waals surface area (Å²) >= 11 is 0. The number of hydrogen-bond donors (Lipinski definition) is 0. The second-order valence-electron chi connectivity index (χ2n) is 10.8. The van der Waals surface area contributed by atoms with Crippen LogP contribution in [0.15, 0.2) is 41.5 Å². The summed E-state index contributed by atoms with van der Waals surface area (Å²) in [7, 11) is 0. The van der Waals surface area contributed by atoms with Gasteiger partial charge in [0.15, 0.2) is 0 Å². The Labute approximate surface area is 181 Å². The molecule has 2 saturated heterocycles. The van der Waals surface area contributed by atoms with Crippen LogP contribution >= 0.6 is 0 Å². The van der Waals surface area contributed by atoms with E-state index in [1.807, 2.05) is 0 Å². The molecule has 0 bridgehead atoms. The van der Waals surface area contributed by atoms with Gasteiger partial charge in [0.25, 0.3) is 0 Å². The summed E-state index contributed by atoms with van der Waals surface area (Å²) in [4.78, 5) is 15.4. The van der Waals surface area contributed by atoms with E-state index in [0.29, 0.717) is 5.92 Å². The lowest BCUT2D eigenvalue weighted by atomic mass is 9.59. The topological polar surface area (TPSA) is 29.5 Å². The van der Waals surface area contributed by atoms with Crippen molar-refractivity contribution in [2.45, 2.75) is 71.3 Å². The van der Waals surface area contributed by atoms with Crippen molar-refractivity contribution in [2.75, 3.05) is 19.6 Å². The highest BCUT2D eigenvalue weighted by atomic mass is 16.6. The Kier molecular flexibility index (Phi) is 5.51. The zero-order chi connectivity index (χ0) is 20.7. The summed E-state index contributed by atoms with van der Waals surface area (Å²) in [6, 6.07) is 10.9. The highest BCUT2D eigenvalue weighted by Crippen LogP contribution is 2.55. The van der Waals surface area contributed by atoms with Crippen LogP contribution in [-0.2, 0) is 16.0 Å². The first kappa shape index (κ1) is 20.3. The third kappa shape index (κ3) is 3.86. The summed E-state index contributed by atoms with van der Waals surface area (Å²) in [5.41, 5.74) is 5.00. The van der Waals surface area contributed by atoms with Gasteiger partial charge in [0, 0.05) is 12.5 Å². The number of likely N-dealkylation sites (tertiary alicyclic amines) is 1. The zero-order valence-electron chi connectivity index (χ0n) is 18.7. The van der Waals surface area contributed by atoms with Crippen LogP contribution in [0.25, 0.3) is 0 Å². The van der Waals surface area contributed by atoms with E-state index in [1.165, 1.54) is 44.1 Å². The number of carbonyl (C=O) groups is 1. The quantitative estimate of drug-likeness (QED) is 0.494. The normalized spacial score (nSPS) is 35.1. The summed E-state index contributed by atoms with van der Waals surface area (Å²) in [5, 5.41) is 0. The molecule has 3 fully saturated rings. The average molecular weight is 408 g/mol. The lowest BCUT2D eigenvalue weighted by Gasteiger charge is -2.46. The first-order valence-electron chi connectivity index (χ1n) is 12.2. The summed E-state index contributed by atoms with van der Waals surface area (Å²) < 4.78 is 5.98. The van der Waals surface area contributed by atoms with Crippen molar-refractivity contribution < 1.29 is 9.53 Å². The molecule has 2 heterocycles. The van der Waals surface area contributed by atoms with E-state index in [2.05, 4.69) is 49.1 Å². The van der Waals surface area contributed by atoms with E-state index in [-0.39, 0.29) is 23.4 Å². The van der Waals surface area contributed by atoms with Gasteiger partial charge in [-0.05, 0) is 88.3 Å². The second kappa shape index (κ2) is 8.15. The molecule has 1 aromatic carbocycles. The number of allylic oxidation sites excluding steroid dienone is 2. The summed E-state index contributed by atoms with van der Waals surface area (Å²) in [6.45, 7) is 7.90. The van der Waals surface area contributed by atoms with E-state index in [0.717, 1.165) is 38.4 Å². The molecule has 3 heteroatoms. The largest absolute Gasteiger partial charge is 0.462 e. The number of hydrogen-bond acceptors (Lipinski definition) is 3. The molecule has 0 radical (unpaired) electrons. The molecule has 0 amide bonds. The molecule has 4 aliphatic rings. The molecule has 30 heavy (non-hydrogen) atoms. The van der Waals surface area contributed by atoms with E-state index in [9.17, 15) is 4.79 Å². The number of nitrogens with zero attached hydrogens (tertiary/aromatic N) is 1. The highest BCUT2D eigenvalue weighted by Gasteiger charge is 2.53. The average Bonchev–Trinajstić information content (AvgIpc) is 3.02. The first-order chi connectivity index (χ1) is 14.5. The maximum Gasteiger partial charge on any atom is 0.310 e. The van der Waals surface area contributed by atoms with Crippen LogP contribution in [0.2, 0.25) is 0 Å². The molecule has 0 spiro atoms. The molecule has 0 aromatic heterocycles. The highest BCUT2D eigenvalue weighted by molar-refractivity contribution is 5.76. The van der Waals surface area contributed by atoms with Crippen LogP contribution in [0.1, 0.15) is 64.4 Å². The fourth-order valence-corrected chi connectivity index (χ4v) is 6.92. The van der Waals surface area contributed by atoms with Crippen LogP contribution in [0.5, 0.6) is 0 Å². The van der Waals surface area contributed by atoms with Crippen LogP contribution in [0.4, 0.5) is 0 Å². The summed E-state index contributed by atoms with van der Waals surface area (Å²) in [6.07, 6.45) is 9.77. The molecule has 162 valence electrons. The van der Waals surface area contributed by atoms with Gasteiger partial charge in [-0.3, -0.25) is 4.79 Å². The fraction of sp³-hybridized carbons (Fsp3) is 0.667. The molecule has 0 unspecified atom stereocenters. The van der Waals surface area contributed by atoms with Gasteiger partial charge < -0.3 is 9.64 Å². The van der Waals surface area contributed by atoms with Crippen molar-refractivity contribution in [1.82, 2.24) is 4.90 Å². The smallest absolute Gasteiger partial charge is 0.310 e. The number of carbonyl (C=O) groups excluding carboxylic acids is 1. The van der Waals surface area contributed by atoms with Gasteiger partial charge in [-0.2, -0.15) is 0 Å². The SMILES string of the molecule is CC1=C2C[C@H]3[C@@H](C[C@@]2(C)CCC1)OC(=O)[C@@H]3CN1CCC(Cc2ccccc2)CC1. The second-order valence-corrected chi connectivity index (χ2v) is 10.8. The Hall–Kier alpha value is -1.61. The minimum absolute atomic E-state index is 0.0763. The van der Waals surface area contributed by atoms with Crippen molar-refractivity contribution in [1.29, 1.82) is 0 Å².